The average Bonchev–Trinajstić information content (AvgIpc) is 3.10. The zero-order valence-corrected chi connectivity index (χ0v) is 16.0. The van der Waals surface area contributed by atoms with Crippen LogP contribution in [0.15, 0.2) is 53.6 Å². The molecule has 1 N–H and O–H groups in total. The van der Waals surface area contributed by atoms with Crippen LogP contribution in [0.25, 0.3) is 10.6 Å². The van der Waals surface area contributed by atoms with Gasteiger partial charge in [-0.3, -0.25) is 4.79 Å². The Morgan fingerprint density at radius 2 is 1.89 bits per heavy atom. The van der Waals surface area contributed by atoms with E-state index in [4.69, 9.17) is 9.47 Å². The first kappa shape index (κ1) is 18.6. The highest BCUT2D eigenvalue weighted by Crippen LogP contribution is 2.30. The summed E-state index contributed by atoms with van der Waals surface area (Å²) in [5, 5.41) is 4.85. The van der Waals surface area contributed by atoms with Crippen molar-refractivity contribution in [2.24, 2.45) is 5.10 Å². The van der Waals surface area contributed by atoms with E-state index in [-0.39, 0.29) is 5.91 Å². The van der Waals surface area contributed by atoms with Crippen molar-refractivity contribution in [1.29, 1.82) is 0 Å². The maximum Gasteiger partial charge on any atom is 0.283 e. The highest BCUT2D eigenvalue weighted by Gasteiger charge is 2.16. The normalized spacial score (nSPS) is 10.8. The van der Waals surface area contributed by atoms with Gasteiger partial charge in [-0.25, -0.2) is 10.4 Å². The Morgan fingerprint density at radius 1 is 1.11 bits per heavy atom. The lowest BCUT2D eigenvalue weighted by atomic mass is 10.2. The molecule has 1 amide bonds. The Morgan fingerprint density at radius 3 is 2.59 bits per heavy atom. The predicted octanol–water partition coefficient (Wildman–Crippen LogP) is 3.90. The van der Waals surface area contributed by atoms with E-state index in [2.05, 4.69) is 15.5 Å². The predicted molar refractivity (Wildman–Crippen MR) is 107 cm³/mol. The third-order valence-electron chi connectivity index (χ3n) is 3.83. The lowest BCUT2D eigenvalue weighted by Gasteiger charge is -2.09. The van der Waals surface area contributed by atoms with Crippen molar-refractivity contribution in [3.8, 4) is 22.1 Å². The van der Waals surface area contributed by atoms with Gasteiger partial charge in [0.15, 0.2) is 11.5 Å². The van der Waals surface area contributed by atoms with E-state index in [0.717, 1.165) is 10.6 Å². The van der Waals surface area contributed by atoms with E-state index in [1.165, 1.54) is 17.6 Å². The highest BCUT2D eigenvalue weighted by molar-refractivity contribution is 7.17. The van der Waals surface area contributed by atoms with Gasteiger partial charge in [-0.05, 0) is 19.1 Å². The molecule has 27 heavy (non-hydrogen) atoms. The number of nitrogens with zero attached hydrogens (tertiary/aromatic N) is 2. The van der Waals surface area contributed by atoms with E-state index in [0.29, 0.717) is 27.6 Å². The minimum atomic E-state index is -0.301. The molecule has 0 radical (unpaired) electrons. The minimum Gasteiger partial charge on any atom is -0.493 e. The fourth-order valence-electron chi connectivity index (χ4n) is 2.54. The molecule has 7 heteroatoms. The molecule has 0 saturated carbocycles. The van der Waals surface area contributed by atoms with Crippen LogP contribution < -0.4 is 14.9 Å². The topological polar surface area (TPSA) is 72.8 Å². The van der Waals surface area contributed by atoms with Crippen LogP contribution in [0, 0.1) is 6.92 Å². The van der Waals surface area contributed by atoms with Crippen LogP contribution in [0.2, 0.25) is 0 Å². The maximum atomic E-state index is 12.5. The SMILES string of the molecule is COc1cccc(/C=N/NC(=O)c2sc(-c3ccccc3)nc2C)c1OC. The molecule has 138 valence electrons. The van der Waals surface area contributed by atoms with Crippen LogP contribution in [-0.4, -0.2) is 31.3 Å². The number of benzene rings is 2. The first-order valence-corrected chi connectivity index (χ1v) is 9.03. The molecule has 2 aromatic carbocycles. The number of hydrogen-bond donors (Lipinski definition) is 1. The number of aromatic nitrogens is 1. The van der Waals surface area contributed by atoms with Gasteiger partial charge in [-0.2, -0.15) is 5.10 Å². The minimum absolute atomic E-state index is 0.301. The third-order valence-corrected chi connectivity index (χ3v) is 5.03. The van der Waals surface area contributed by atoms with E-state index in [1.807, 2.05) is 49.4 Å². The van der Waals surface area contributed by atoms with Crippen molar-refractivity contribution in [1.82, 2.24) is 10.4 Å². The molecule has 6 nitrogen and oxygen atoms in total. The Balaban J connectivity index is 1.75. The van der Waals surface area contributed by atoms with Crippen LogP contribution in [0.4, 0.5) is 0 Å². The number of aryl methyl sites for hydroxylation is 1. The summed E-state index contributed by atoms with van der Waals surface area (Å²) in [7, 11) is 3.12. The van der Waals surface area contributed by atoms with Gasteiger partial charge in [0.05, 0.1) is 26.1 Å². The van der Waals surface area contributed by atoms with Crippen LogP contribution in [0.1, 0.15) is 20.9 Å². The van der Waals surface area contributed by atoms with Gasteiger partial charge in [-0.15, -0.1) is 11.3 Å². The number of hydrazone groups is 1. The number of amides is 1. The zero-order valence-electron chi connectivity index (χ0n) is 15.2. The molecule has 0 unspecified atom stereocenters. The quantitative estimate of drug-likeness (QED) is 0.519. The Bertz CT molecular complexity index is 968. The molecule has 0 aliphatic heterocycles. The molecule has 0 fully saturated rings. The van der Waals surface area contributed by atoms with Crippen molar-refractivity contribution in [2.45, 2.75) is 6.92 Å². The van der Waals surface area contributed by atoms with Crippen LogP contribution in [0.3, 0.4) is 0 Å². The zero-order chi connectivity index (χ0) is 19.2. The molecule has 1 aromatic heterocycles. The monoisotopic (exact) mass is 381 g/mol. The fraction of sp³-hybridized carbons (Fsp3) is 0.150. The molecule has 0 aliphatic rings. The molecule has 0 atom stereocenters. The van der Waals surface area contributed by atoms with Gasteiger partial charge < -0.3 is 9.47 Å². The Labute approximate surface area is 161 Å². The summed E-state index contributed by atoms with van der Waals surface area (Å²) in [6.45, 7) is 1.81. The Hall–Kier alpha value is -3.19. The molecule has 0 spiro atoms. The molecular weight excluding hydrogens is 362 g/mol. The number of rotatable bonds is 6. The summed E-state index contributed by atoms with van der Waals surface area (Å²) in [6.07, 6.45) is 1.52. The van der Waals surface area contributed by atoms with Gasteiger partial charge in [-0.1, -0.05) is 36.4 Å². The highest BCUT2D eigenvalue weighted by atomic mass is 32.1. The second-order valence-electron chi connectivity index (χ2n) is 5.58. The molecule has 3 rings (SSSR count). The molecule has 0 aliphatic carbocycles. The lowest BCUT2D eigenvalue weighted by Crippen LogP contribution is -2.17. The standard InChI is InChI=1S/C20H19N3O3S/c1-13-18(27-20(22-13)14-8-5-4-6-9-14)19(24)23-21-12-15-10-7-11-16(25-2)17(15)26-3/h4-12H,1-3H3,(H,23,24)/b21-12+. The third kappa shape index (κ3) is 4.15. The fourth-order valence-corrected chi connectivity index (χ4v) is 3.50. The smallest absolute Gasteiger partial charge is 0.283 e. The Kier molecular flexibility index (Phi) is 5.83. The first-order chi connectivity index (χ1) is 13.1. The summed E-state index contributed by atoms with van der Waals surface area (Å²) in [6, 6.07) is 15.2. The van der Waals surface area contributed by atoms with Crippen LogP contribution >= 0.6 is 11.3 Å². The van der Waals surface area contributed by atoms with Gasteiger partial charge in [0.25, 0.3) is 5.91 Å². The summed E-state index contributed by atoms with van der Waals surface area (Å²) < 4.78 is 10.6. The molecule has 0 saturated heterocycles. The number of thiazole rings is 1. The molecular formula is C20H19N3O3S. The molecule has 3 aromatic rings. The number of carbonyl (C=O) groups is 1. The van der Waals surface area contributed by atoms with E-state index in [1.54, 1.807) is 20.3 Å². The largest absolute Gasteiger partial charge is 0.493 e. The van der Waals surface area contributed by atoms with Gasteiger partial charge in [0, 0.05) is 11.1 Å². The van der Waals surface area contributed by atoms with Gasteiger partial charge in [0.2, 0.25) is 0 Å². The summed E-state index contributed by atoms with van der Waals surface area (Å²) in [4.78, 5) is 17.5. The number of hydrogen-bond acceptors (Lipinski definition) is 6. The van der Waals surface area contributed by atoms with E-state index >= 15 is 0 Å². The number of para-hydroxylation sites is 1. The van der Waals surface area contributed by atoms with Gasteiger partial charge >= 0.3 is 0 Å². The summed E-state index contributed by atoms with van der Waals surface area (Å²) in [5.74, 6) is 0.849. The van der Waals surface area contributed by atoms with Crippen molar-refractivity contribution in [3.05, 3.63) is 64.7 Å². The van der Waals surface area contributed by atoms with Crippen molar-refractivity contribution in [2.75, 3.05) is 14.2 Å². The first-order valence-electron chi connectivity index (χ1n) is 8.21. The molecule has 0 bridgehead atoms. The average molecular weight is 381 g/mol. The molecule has 1 heterocycles. The second kappa shape index (κ2) is 8.46. The van der Waals surface area contributed by atoms with Crippen LogP contribution in [-0.2, 0) is 0 Å². The lowest BCUT2D eigenvalue weighted by molar-refractivity contribution is 0.0958. The number of carbonyl (C=O) groups excluding carboxylic acids is 1. The summed E-state index contributed by atoms with van der Waals surface area (Å²) in [5.41, 5.74) is 4.90. The second-order valence-corrected chi connectivity index (χ2v) is 6.58. The number of nitrogens with one attached hydrogen (secondary N) is 1. The maximum absolute atomic E-state index is 12.5. The number of methoxy groups -OCH3 is 2. The van der Waals surface area contributed by atoms with Crippen molar-refractivity contribution in [3.63, 3.8) is 0 Å². The number of ether oxygens (including phenoxy) is 2. The van der Waals surface area contributed by atoms with Gasteiger partial charge in [0.1, 0.15) is 9.88 Å². The van der Waals surface area contributed by atoms with E-state index < -0.39 is 0 Å². The summed E-state index contributed by atoms with van der Waals surface area (Å²) >= 11 is 1.34. The van der Waals surface area contributed by atoms with E-state index in [9.17, 15) is 4.79 Å². The van der Waals surface area contributed by atoms with Crippen molar-refractivity contribution >= 4 is 23.5 Å². The van der Waals surface area contributed by atoms with Crippen LogP contribution in [0.5, 0.6) is 11.5 Å². The van der Waals surface area contributed by atoms with Crippen molar-refractivity contribution < 1.29 is 14.3 Å².